The highest BCUT2D eigenvalue weighted by molar-refractivity contribution is 7.80. The van der Waals surface area contributed by atoms with Crippen LogP contribution in [0, 0.1) is 6.92 Å². The summed E-state index contributed by atoms with van der Waals surface area (Å²) in [5, 5.41) is 26.3. The Morgan fingerprint density at radius 1 is 0.605 bits per heavy atom. The SMILES string of the molecule is Cc1ccc(S(=O)OCO)cc1.O=C(c1ccccc1)c1ccc(CO)cc1.O=C(c1ccccc1)c1ccc(O)cc1. The standard InChI is InChI=1S/C14H12O2.C13H10O2.C8H10O3S/c15-10-11-6-8-13(9-7-11)14(16)12-4-2-1-3-5-12;14-12-8-6-11(7-9-12)13(15)10-4-2-1-3-5-10;1-7-2-4-8(5-3-7)12(10)11-6-9/h1-9,15H,10H2;1-9,14H;2-5,9H,6H2,1H3. The Labute approximate surface area is 253 Å². The molecule has 5 aromatic carbocycles. The van der Waals surface area contributed by atoms with Gasteiger partial charge in [-0.3, -0.25) is 13.8 Å². The molecule has 8 heteroatoms. The molecule has 0 aliphatic carbocycles. The lowest BCUT2D eigenvalue weighted by Gasteiger charge is -2.01. The van der Waals surface area contributed by atoms with Crippen molar-refractivity contribution in [3.05, 3.63) is 167 Å². The molecule has 0 spiro atoms. The molecule has 5 aromatic rings. The number of aromatic hydroxyl groups is 1. The van der Waals surface area contributed by atoms with Gasteiger partial charge >= 0.3 is 0 Å². The summed E-state index contributed by atoms with van der Waals surface area (Å²) in [7, 11) is 0. The van der Waals surface area contributed by atoms with E-state index >= 15 is 0 Å². The smallest absolute Gasteiger partial charge is 0.193 e. The highest BCUT2D eigenvalue weighted by Crippen LogP contribution is 2.14. The summed E-state index contributed by atoms with van der Waals surface area (Å²) >= 11 is -1.54. The molecular weight excluding hydrogens is 564 g/mol. The van der Waals surface area contributed by atoms with Gasteiger partial charge < -0.3 is 15.3 Å². The van der Waals surface area contributed by atoms with Crippen molar-refractivity contribution >= 4 is 22.6 Å². The second kappa shape index (κ2) is 17.3. The van der Waals surface area contributed by atoms with Crippen molar-refractivity contribution in [1.29, 1.82) is 0 Å². The number of benzene rings is 5. The molecule has 5 rings (SSSR count). The van der Waals surface area contributed by atoms with Crippen LogP contribution in [0.4, 0.5) is 0 Å². The van der Waals surface area contributed by atoms with Crippen molar-refractivity contribution in [2.75, 3.05) is 6.79 Å². The average molecular weight is 597 g/mol. The first kappa shape index (κ1) is 32.8. The molecule has 0 aliphatic heterocycles. The fourth-order valence-electron chi connectivity index (χ4n) is 3.65. The summed E-state index contributed by atoms with van der Waals surface area (Å²) in [4.78, 5) is 24.4. The molecule has 1 unspecified atom stereocenters. The monoisotopic (exact) mass is 596 g/mol. The second-order valence-corrected chi connectivity index (χ2v) is 10.3. The van der Waals surface area contributed by atoms with Crippen molar-refractivity contribution in [1.82, 2.24) is 0 Å². The zero-order chi connectivity index (χ0) is 31.0. The van der Waals surface area contributed by atoms with E-state index in [1.54, 1.807) is 72.8 Å². The third-order valence-corrected chi connectivity index (χ3v) is 6.95. The van der Waals surface area contributed by atoms with Crippen LogP contribution >= 0.6 is 0 Å². The van der Waals surface area contributed by atoms with Gasteiger partial charge in [-0.25, -0.2) is 4.21 Å². The minimum Gasteiger partial charge on any atom is -0.508 e. The van der Waals surface area contributed by atoms with Gasteiger partial charge in [-0.15, -0.1) is 0 Å². The van der Waals surface area contributed by atoms with Crippen molar-refractivity contribution < 1.29 is 33.3 Å². The first-order valence-corrected chi connectivity index (χ1v) is 14.3. The molecule has 0 aromatic heterocycles. The highest BCUT2D eigenvalue weighted by Gasteiger charge is 2.08. The van der Waals surface area contributed by atoms with Gasteiger partial charge in [0.05, 0.1) is 11.5 Å². The molecule has 0 fully saturated rings. The Hall–Kier alpha value is -4.73. The van der Waals surface area contributed by atoms with E-state index in [1.807, 2.05) is 55.5 Å². The lowest BCUT2D eigenvalue weighted by molar-refractivity contribution is 0.103. The molecule has 3 N–H and O–H groups in total. The largest absolute Gasteiger partial charge is 0.508 e. The van der Waals surface area contributed by atoms with Crippen LogP contribution in [-0.4, -0.2) is 37.9 Å². The maximum absolute atomic E-state index is 12.0. The molecule has 0 radical (unpaired) electrons. The molecule has 0 saturated carbocycles. The van der Waals surface area contributed by atoms with Crippen LogP contribution in [0.1, 0.15) is 43.0 Å². The third kappa shape index (κ3) is 10.6. The van der Waals surface area contributed by atoms with Crippen LogP contribution in [0.25, 0.3) is 0 Å². The topological polar surface area (TPSA) is 121 Å². The maximum atomic E-state index is 12.0. The zero-order valence-corrected chi connectivity index (χ0v) is 24.3. The number of rotatable bonds is 8. The van der Waals surface area contributed by atoms with E-state index in [2.05, 4.69) is 4.18 Å². The van der Waals surface area contributed by atoms with E-state index < -0.39 is 17.9 Å². The van der Waals surface area contributed by atoms with Crippen LogP contribution in [0.5, 0.6) is 5.75 Å². The first-order chi connectivity index (χ1) is 20.8. The number of phenolic OH excluding ortho intramolecular Hbond substituents is 1. The Bertz CT molecular complexity index is 1590. The van der Waals surface area contributed by atoms with E-state index in [9.17, 15) is 13.8 Å². The normalized spacial score (nSPS) is 10.8. The molecule has 220 valence electrons. The van der Waals surface area contributed by atoms with Crippen molar-refractivity contribution in [3.63, 3.8) is 0 Å². The molecule has 0 amide bonds. The van der Waals surface area contributed by atoms with Crippen LogP contribution < -0.4 is 0 Å². The number of carbonyl (C=O) groups is 2. The number of ketones is 2. The number of aliphatic hydroxyl groups excluding tert-OH is 2. The van der Waals surface area contributed by atoms with Crippen molar-refractivity contribution in [2.45, 2.75) is 18.4 Å². The molecule has 0 bridgehead atoms. The summed E-state index contributed by atoms with van der Waals surface area (Å²) < 4.78 is 15.6. The van der Waals surface area contributed by atoms with Gasteiger partial charge in [0, 0.05) is 22.3 Å². The van der Waals surface area contributed by atoms with Gasteiger partial charge in [0.2, 0.25) is 0 Å². The minimum atomic E-state index is -1.54. The summed E-state index contributed by atoms with van der Waals surface area (Å²) in [5.74, 6) is 0.139. The van der Waals surface area contributed by atoms with E-state index in [4.69, 9.17) is 15.3 Å². The quantitative estimate of drug-likeness (QED) is 0.148. The first-order valence-electron chi connectivity index (χ1n) is 13.2. The lowest BCUT2D eigenvalue weighted by Crippen LogP contribution is -2.00. The molecule has 43 heavy (non-hydrogen) atoms. The number of carbonyl (C=O) groups excluding carboxylic acids is 2. The Morgan fingerprint density at radius 2 is 1.02 bits per heavy atom. The van der Waals surface area contributed by atoms with E-state index in [1.165, 1.54) is 12.1 Å². The maximum Gasteiger partial charge on any atom is 0.193 e. The predicted octanol–water partition coefficient (Wildman–Crippen LogP) is 6.02. The predicted molar refractivity (Wildman–Crippen MR) is 166 cm³/mol. The second-order valence-electron chi connectivity index (χ2n) is 9.09. The summed E-state index contributed by atoms with van der Waals surface area (Å²) in [5.41, 5.74) is 4.47. The fraction of sp³-hybridized carbons (Fsp3) is 0.0857. The number of aliphatic hydroxyl groups is 2. The Morgan fingerprint density at radius 3 is 1.44 bits per heavy atom. The van der Waals surface area contributed by atoms with Crippen molar-refractivity contribution in [3.8, 4) is 5.75 Å². The average Bonchev–Trinajstić information content (AvgIpc) is 3.06. The summed E-state index contributed by atoms with van der Waals surface area (Å²) in [6, 6.07) is 38.6. The molecule has 0 saturated heterocycles. The number of hydrogen-bond acceptors (Lipinski definition) is 7. The van der Waals surface area contributed by atoms with Gasteiger partial charge in [-0.1, -0.05) is 103 Å². The zero-order valence-electron chi connectivity index (χ0n) is 23.5. The van der Waals surface area contributed by atoms with Gasteiger partial charge in [0.15, 0.2) is 29.4 Å². The van der Waals surface area contributed by atoms with Gasteiger partial charge in [-0.05, 0) is 48.9 Å². The number of phenols is 1. The lowest BCUT2D eigenvalue weighted by atomic mass is 10.0. The van der Waals surface area contributed by atoms with Crippen molar-refractivity contribution in [2.24, 2.45) is 0 Å². The molecule has 7 nitrogen and oxygen atoms in total. The van der Waals surface area contributed by atoms with Gasteiger partial charge in [-0.2, -0.15) is 0 Å². The van der Waals surface area contributed by atoms with Gasteiger partial charge in [0.1, 0.15) is 5.75 Å². The van der Waals surface area contributed by atoms with E-state index in [0.29, 0.717) is 27.1 Å². The number of hydrogen-bond donors (Lipinski definition) is 3. The van der Waals surface area contributed by atoms with Crippen LogP contribution in [0.2, 0.25) is 0 Å². The van der Waals surface area contributed by atoms with Crippen LogP contribution in [0.3, 0.4) is 0 Å². The fourth-order valence-corrected chi connectivity index (χ4v) is 4.24. The Balaban J connectivity index is 0.000000179. The summed E-state index contributed by atoms with van der Waals surface area (Å²) in [6.45, 7) is 1.42. The van der Waals surface area contributed by atoms with Crippen LogP contribution in [0.15, 0.2) is 138 Å². The molecule has 0 aliphatic rings. The minimum absolute atomic E-state index is 0.000191. The van der Waals surface area contributed by atoms with E-state index in [-0.39, 0.29) is 23.9 Å². The van der Waals surface area contributed by atoms with Crippen LogP contribution in [-0.2, 0) is 21.9 Å². The molecule has 0 heterocycles. The molecular formula is C35H32O7S. The molecule has 1 atom stereocenters. The highest BCUT2D eigenvalue weighted by atomic mass is 32.2. The Kier molecular flexibility index (Phi) is 13.2. The summed E-state index contributed by atoms with van der Waals surface area (Å²) in [6.07, 6.45) is 0. The third-order valence-electron chi connectivity index (χ3n) is 5.97. The van der Waals surface area contributed by atoms with Gasteiger partial charge in [0.25, 0.3) is 0 Å². The van der Waals surface area contributed by atoms with E-state index in [0.717, 1.165) is 11.1 Å². The number of aryl methyl sites for hydroxylation is 1.